The van der Waals surface area contributed by atoms with Gasteiger partial charge in [0.2, 0.25) is 0 Å². The largest absolute Gasteiger partial charge is 0.387 e. The van der Waals surface area contributed by atoms with Crippen LogP contribution in [0.3, 0.4) is 0 Å². The summed E-state index contributed by atoms with van der Waals surface area (Å²) in [7, 11) is 0. The van der Waals surface area contributed by atoms with Crippen molar-refractivity contribution in [2.75, 3.05) is 44.4 Å². The summed E-state index contributed by atoms with van der Waals surface area (Å²) in [4.78, 5) is 6.55. The average Bonchev–Trinajstić information content (AvgIpc) is 2.53. The van der Waals surface area contributed by atoms with Gasteiger partial charge in [-0.3, -0.25) is 4.98 Å². The molecule has 0 saturated carbocycles. The second-order valence-electron chi connectivity index (χ2n) is 4.75. The molecule has 0 bridgehead atoms. The number of hydrogen-bond acceptors (Lipinski definition) is 5. The lowest BCUT2D eigenvalue weighted by Crippen LogP contribution is -2.31. The van der Waals surface area contributed by atoms with Gasteiger partial charge in [0.05, 0.1) is 36.9 Å². The summed E-state index contributed by atoms with van der Waals surface area (Å²) in [6, 6.07) is 3.89. The van der Waals surface area contributed by atoms with Gasteiger partial charge in [-0.2, -0.15) is 0 Å². The lowest BCUT2D eigenvalue weighted by molar-refractivity contribution is 0.141. The maximum absolute atomic E-state index is 9.79. The van der Waals surface area contributed by atoms with Gasteiger partial charge in [-0.25, -0.2) is 0 Å². The summed E-state index contributed by atoms with van der Waals surface area (Å²) in [6.45, 7) is 10.3. The van der Waals surface area contributed by atoms with Crippen molar-refractivity contribution in [3.8, 4) is 0 Å². The van der Waals surface area contributed by atoms with Gasteiger partial charge in [0.15, 0.2) is 0 Å². The number of nitrogens with zero attached hydrogens (tertiary/aromatic N) is 2. The SMILES string of the molecule is CCOCCN(CCOCC)c1ccc([C@@H](O)CC)nc1. The summed E-state index contributed by atoms with van der Waals surface area (Å²) in [5.41, 5.74) is 1.75. The highest BCUT2D eigenvalue weighted by atomic mass is 16.5. The summed E-state index contributed by atoms with van der Waals surface area (Å²) in [5, 5.41) is 9.79. The summed E-state index contributed by atoms with van der Waals surface area (Å²) >= 11 is 0. The van der Waals surface area contributed by atoms with Crippen LogP contribution in [-0.2, 0) is 9.47 Å². The van der Waals surface area contributed by atoms with E-state index in [1.54, 1.807) is 0 Å². The number of aliphatic hydroxyl groups excluding tert-OH is 1. The van der Waals surface area contributed by atoms with Crippen LogP contribution in [0.15, 0.2) is 18.3 Å². The van der Waals surface area contributed by atoms with Crippen LogP contribution in [0.2, 0.25) is 0 Å². The Bertz CT molecular complexity index is 360. The van der Waals surface area contributed by atoms with Crippen molar-refractivity contribution in [1.29, 1.82) is 0 Å². The molecule has 5 heteroatoms. The van der Waals surface area contributed by atoms with Gasteiger partial charge in [0.1, 0.15) is 0 Å². The highest BCUT2D eigenvalue weighted by molar-refractivity contribution is 5.44. The minimum atomic E-state index is -0.487. The first-order valence-electron chi connectivity index (χ1n) is 7.77. The number of pyridine rings is 1. The first-order valence-corrected chi connectivity index (χ1v) is 7.77. The van der Waals surface area contributed by atoms with E-state index in [2.05, 4.69) is 9.88 Å². The van der Waals surface area contributed by atoms with Crippen LogP contribution in [0.5, 0.6) is 0 Å². The van der Waals surface area contributed by atoms with Gasteiger partial charge in [-0.15, -0.1) is 0 Å². The summed E-state index contributed by atoms with van der Waals surface area (Å²) in [6.07, 6.45) is 2.00. The molecule has 1 atom stereocenters. The Kier molecular flexibility index (Phi) is 8.98. The molecule has 0 radical (unpaired) electrons. The third-order valence-corrected chi connectivity index (χ3v) is 3.28. The van der Waals surface area contributed by atoms with Gasteiger partial charge in [0.25, 0.3) is 0 Å². The molecule has 0 spiro atoms. The van der Waals surface area contributed by atoms with Gasteiger partial charge >= 0.3 is 0 Å². The first kappa shape index (κ1) is 17.9. The van der Waals surface area contributed by atoms with E-state index in [1.165, 1.54) is 0 Å². The quantitative estimate of drug-likeness (QED) is 0.636. The maximum atomic E-state index is 9.79. The van der Waals surface area contributed by atoms with Gasteiger partial charge in [0, 0.05) is 26.3 Å². The van der Waals surface area contributed by atoms with Crippen LogP contribution in [-0.4, -0.2) is 49.6 Å². The maximum Gasteiger partial charge on any atom is 0.0957 e. The van der Waals surface area contributed by atoms with Crippen molar-refractivity contribution in [1.82, 2.24) is 4.98 Å². The minimum Gasteiger partial charge on any atom is -0.387 e. The van der Waals surface area contributed by atoms with Crippen LogP contribution in [0, 0.1) is 0 Å². The Labute approximate surface area is 127 Å². The number of ether oxygens (including phenoxy) is 2. The monoisotopic (exact) mass is 296 g/mol. The van der Waals surface area contributed by atoms with E-state index in [0.717, 1.165) is 37.7 Å². The van der Waals surface area contributed by atoms with E-state index < -0.39 is 6.10 Å². The van der Waals surface area contributed by atoms with E-state index in [9.17, 15) is 5.11 Å². The number of rotatable bonds is 11. The zero-order valence-corrected chi connectivity index (χ0v) is 13.4. The molecule has 1 aromatic heterocycles. The van der Waals surface area contributed by atoms with Gasteiger partial charge < -0.3 is 19.5 Å². The van der Waals surface area contributed by atoms with Crippen LogP contribution in [0.1, 0.15) is 39.0 Å². The zero-order chi connectivity index (χ0) is 15.5. The lowest BCUT2D eigenvalue weighted by atomic mass is 10.2. The molecule has 21 heavy (non-hydrogen) atoms. The molecule has 0 amide bonds. The van der Waals surface area contributed by atoms with Gasteiger partial charge in [-0.05, 0) is 32.4 Å². The van der Waals surface area contributed by atoms with Crippen molar-refractivity contribution >= 4 is 5.69 Å². The molecular weight excluding hydrogens is 268 g/mol. The van der Waals surface area contributed by atoms with Crippen molar-refractivity contribution in [3.63, 3.8) is 0 Å². The minimum absolute atomic E-state index is 0.487. The molecule has 0 saturated heterocycles. The number of hydrogen-bond donors (Lipinski definition) is 1. The van der Waals surface area contributed by atoms with E-state index in [4.69, 9.17) is 9.47 Å². The van der Waals surface area contributed by atoms with E-state index >= 15 is 0 Å². The number of aliphatic hydroxyl groups is 1. The molecule has 1 rings (SSSR count). The Morgan fingerprint density at radius 1 is 1.10 bits per heavy atom. The third-order valence-electron chi connectivity index (χ3n) is 3.28. The fourth-order valence-electron chi connectivity index (χ4n) is 2.00. The molecule has 1 N–H and O–H groups in total. The standard InChI is InChI=1S/C16H28N2O3/c1-4-16(19)15-8-7-14(13-17-15)18(9-11-20-5-2)10-12-21-6-3/h7-8,13,16,19H,4-6,9-12H2,1-3H3/t16-/m0/s1. The third kappa shape index (κ3) is 6.42. The molecule has 0 fully saturated rings. The topological polar surface area (TPSA) is 54.8 Å². The highest BCUT2D eigenvalue weighted by Gasteiger charge is 2.10. The second kappa shape index (κ2) is 10.5. The molecule has 0 aliphatic rings. The van der Waals surface area contributed by atoms with Crippen molar-refractivity contribution < 1.29 is 14.6 Å². The van der Waals surface area contributed by atoms with Crippen molar-refractivity contribution in [3.05, 3.63) is 24.0 Å². The molecule has 120 valence electrons. The molecule has 0 aromatic carbocycles. The molecule has 0 aliphatic heterocycles. The molecular formula is C16H28N2O3. The molecule has 1 heterocycles. The fraction of sp³-hybridized carbons (Fsp3) is 0.688. The second-order valence-corrected chi connectivity index (χ2v) is 4.75. The smallest absolute Gasteiger partial charge is 0.0957 e. The van der Waals surface area contributed by atoms with Crippen LogP contribution in [0.25, 0.3) is 0 Å². The Balaban J connectivity index is 2.66. The number of aromatic nitrogens is 1. The molecule has 0 aliphatic carbocycles. The number of anilines is 1. The van der Waals surface area contributed by atoms with Crippen LogP contribution < -0.4 is 4.90 Å². The highest BCUT2D eigenvalue weighted by Crippen LogP contribution is 2.18. The zero-order valence-electron chi connectivity index (χ0n) is 13.4. The molecule has 1 aromatic rings. The summed E-state index contributed by atoms with van der Waals surface area (Å²) < 4.78 is 10.9. The predicted octanol–water partition coefficient (Wildman–Crippen LogP) is 2.40. The summed E-state index contributed by atoms with van der Waals surface area (Å²) in [5.74, 6) is 0. The van der Waals surface area contributed by atoms with Gasteiger partial charge in [-0.1, -0.05) is 6.92 Å². The van der Waals surface area contributed by atoms with Crippen LogP contribution in [0.4, 0.5) is 5.69 Å². The Morgan fingerprint density at radius 3 is 2.14 bits per heavy atom. The normalized spacial score (nSPS) is 12.4. The van der Waals surface area contributed by atoms with Crippen molar-refractivity contribution in [2.45, 2.75) is 33.3 Å². The Morgan fingerprint density at radius 2 is 1.71 bits per heavy atom. The van der Waals surface area contributed by atoms with Crippen LogP contribution >= 0.6 is 0 Å². The molecule has 5 nitrogen and oxygen atoms in total. The van der Waals surface area contributed by atoms with E-state index in [-0.39, 0.29) is 0 Å². The average molecular weight is 296 g/mol. The molecule has 0 unspecified atom stereocenters. The fourth-order valence-corrected chi connectivity index (χ4v) is 2.00. The predicted molar refractivity (Wildman–Crippen MR) is 84.7 cm³/mol. The van der Waals surface area contributed by atoms with E-state index in [0.29, 0.717) is 19.6 Å². The Hall–Kier alpha value is -1.17. The lowest BCUT2D eigenvalue weighted by Gasteiger charge is -2.24. The van der Waals surface area contributed by atoms with E-state index in [1.807, 2.05) is 39.1 Å². The first-order chi connectivity index (χ1) is 10.2. The van der Waals surface area contributed by atoms with Crippen molar-refractivity contribution in [2.24, 2.45) is 0 Å².